The van der Waals surface area contributed by atoms with E-state index in [-0.39, 0.29) is 11.7 Å². The lowest BCUT2D eigenvalue weighted by Gasteiger charge is -2.07. The molecule has 25 heavy (non-hydrogen) atoms. The topological polar surface area (TPSA) is 57.0 Å². The van der Waals surface area contributed by atoms with Gasteiger partial charge in [0.1, 0.15) is 6.61 Å². The van der Waals surface area contributed by atoms with Gasteiger partial charge in [-0.15, -0.1) is 21.5 Å². The predicted octanol–water partition coefficient (Wildman–Crippen LogP) is 4.17. The van der Waals surface area contributed by atoms with Crippen LogP contribution >= 0.6 is 23.1 Å². The second-order valence-corrected chi connectivity index (χ2v) is 7.35. The Hall–Kier alpha value is -2.12. The van der Waals surface area contributed by atoms with E-state index in [0.29, 0.717) is 6.61 Å². The SMILES string of the molecule is CCn1c(SCC(=O)OCc2ccc(C)cc2)nnc1-c1cccs1. The lowest BCUT2D eigenvalue weighted by atomic mass is 10.2. The summed E-state index contributed by atoms with van der Waals surface area (Å²) in [5.74, 6) is 0.802. The Morgan fingerprint density at radius 2 is 2.04 bits per heavy atom. The molecule has 0 fully saturated rings. The summed E-state index contributed by atoms with van der Waals surface area (Å²) < 4.78 is 7.34. The number of hydrogen-bond donors (Lipinski definition) is 0. The summed E-state index contributed by atoms with van der Waals surface area (Å²) in [5.41, 5.74) is 2.17. The number of nitrogens with zero attached hydrogens (tertiary/aromatic N) is 3. The molecule has 0 unspecified atom stereocenters. The predicted molar refractivity (Wildman–Crippen MR) is 101 cm³/mol. The molecule has 2 aromatic heterocycles. The molecule has 3 aromatic rings. The van der Waals surface area contributed by atoms with Gasteiger partial charge in [0.2, 0.25) is 0 Å². The number of thioether (sulfide) groups is 1. The van der Waals surface area contributed by atoms with E-state index in [1.54, 1.807) is 11.3 Å². The number of esters is 1. The molecule has 5 nitrogen and oxygen atoms in total. The van der Waals surface area contributed by atoms with Gasteiger partial charge in [0.15, 0.2) is 11.0 Å². The molecule has 0 atom stereocenters. The van der Waals surface area contributed by atoms with Crippen molar-refractivity contribution in [2.45, 2.75) is 32.2 Å². The zero-order valence-electron chi connectivity index (χ0n) is 14.1. The Morgan fingerprint density at radius 1 is 1.24 bits per heavy atom. The zero-order valence-corrected chi connectivity index (χ0v) is 15.8. The molecule has 0 saturated heterocycles. The number of ether oxygens (including phenoxy) is 1. The average molecular weight is 374 g/mol. The van der Waals surface area contributed by atoms with E-state index in [9.17, 15) is 4.79 Å². The third kappa shape index (κ3) is 4.49. The highest BCUT2D eigenvalue weighted by molar-refractivity contribution is 7.99. The molecule has 0 bridgehead atoms. The van der Waals surface area contributed by atoms with Gasteiger partial charge in [0.05, 0.1) is 10.6 Å². The number of rotatable bonds is 7. The Balaban J connectivity index is 1.56. The Morgan fingerprint density at radius 3 is 2.72 bits per heavy atom. The van der Waals surface area contributed by atoms with Crippen molar-refractivity contribution >= 4 is 29.1 Å². The van der Waals surface area contributed by atoms with Gasteiger partial charge in [-0.25, -0.2) is 0 Å². The molecule has 0 saturated carbocycles. The summed E-state index contributed by atoms with van der Waals surface area (Å²) in [6, 6.07) is 12.0. The van der Waals surface area contributed by atoms with Crippen LogP contribution in [0.25, 0.3) is 10.7 Å². The number of carbonyl (C=O) groups excluding carboxylic acids is 1. The van der Waals surface area contributed by atoms with Crippen LogP contribution in [0.15, 0.2) is 46.9 Å². The van der Waals surface area contributed by atoms with E-state index in [1.807, 2.05) is 60.2 Å². The fourth-order valence-electron chi connectivity index (χ4n) is 2.28. The van der Waals surface area contributed by atoms with E-state index in [2.05, 4.69) is 10.2 Å². The number of hydrogen-bond acceptors (Lipinski definition) is 6. The molecule has 0 aliphatic rings. The van der Waals surface area contributed by atoms with E-state index in [1.165, 1.54) is 17.3 Å². The molecule has 0 aliphatic heterocycles. The quantitative estimate of drug-likeness (QED) is 0.459. The summed E-state index contributed by atoms with van der Waals surface area (Å²) >= 11 is 2.98. The third-order valence-corrected chi connectivity index (χ3v) is 5.42. The van der Waals surface area contributed by atoms with Gasteiger partial charge in [-0.3, -0.25) is 4.79 Å². The first-order valence-electron chi connectivity index (χ1n) is 7.98. The van der Waals surface area contributed by atoms with Crippen LogP contribution in [0.5, 0.6) is 0 Å². The molecule has 130 valence electrons. The number of thiophene rings is 1. The standard InChI is InChI=1S/C18H19N3O2S2/c1-3-21-17(15-5-4-10-24-15)19-20-18(21)25-12-16(22)23-11-14-8-6-13(2)7-9-14/h4-10H,3,11-12H2,1-2H3. The van der Waals surface area contributed by atoms with Gasteiger partial charge >= 0.3 is 5.97 Å². The van der Waals surface area contributed by atoms with E-state index in [4.69, 9.17) is 4.74 Å². The second kappa shape index (κ2) is 8.31. The summed E-state index contributed by atoms with van der Waals surface area (Å²) in [5, 5.41) is 11.2. The molecular weight excluding hydrogens is 354 g/mol. The molecule has 0 spiro atoms. The highest BCUT2D eigenvalue weighted by Gasteiger charge is 2.15. The lowest BCUT2D eigenvalue weighted by molar-refractivity contribution is -0.141. The highest BCUT2D eigenvalue weighted by Crippen LogP contribution is 2.27. The van der Waals surface area contributed by atoms with Crippen LogP contribution in [0, 0.1) is 6.92 Å². The van der Waals surface area contributed by atoms with Crippen molar-refractivity contribution in [1.29, 1.82) is 0 Å². The minimum Gasteiger partial charge on any atom is -0.460 e. The summed E-state index contributed by atoms with van der Waals surface area (Å²) in [6.45, 7) is 5.11. The van der Waals surface area contributed by atoms with Crippen molar-refractivity contribution in [3.63, 3.8) is 0 Å². The van der Waals surface area contributed by atoms with Crippen molar-refractivity contribution in [1.82, 2.24) is 14.8 Å². The molecule has 0 amide bonds. The maximum atomic E-state index is 12.0. The number of benzene rings is 1. The summed E-state index contributed by atoms with van der Waals surface area (Å²) in [7, 11) is 0. The molecule has 0 N–H and O–H groups in total. The van der Waals surface area contributed by atoms with Gasteiger partial charge < -0.3 is 9.30 Å². The number of aryl methyl sites for hydroxylation is 1. The molecule has 0 radical (unpaired) electrons. The average Bonchev–Trinajstić information content (AvgIpc) is 3.28. The van der Waals surface area contributed by atoms with Crippen LogP contribution in [-0.4, -0.2) is 26.5 Å². The van der Waals surface area contributed by atoms with Crippen molar-refractivity contribution in [2.24, 2.45) is 0 Å². The Kier molecular flexibility index (Phi) is 5.88. The largest absolute Gasteiger partial charge is 0.460 e. The van der Waals surface area contributed by atoms with Crippen LogP contribution in [0.2, 0.25) is 0 Å². The van der Waals surface area contributed by atoms with Crippen molar-refractivity contribution < 1.29 is 9.53 Å². The van der Waals surface area contributed by atoms with Gasteiger partial charge in [-0.2, -0.15) is 0 Å². The van der Waals surface area contributed by atoms with Gasteiger partial charge in [-0.05, 0) is 30.9 Å². The molecule has 2 heterocycles. The number of aromatic nitrogens is 3. The van der Waals surface area contributed by atoms with Crippen molar-refractivity contribution in [3.05, 3.63) is 52.9 Å². The van der Waals surface area contributed by atoms with Crippen LogP contribution < -0.4 is 0 Å². The smallest absolute Gasteiger partial charge is 0.316 e. The Bertz CT molecular complexity index is 827. The first-order chi connectivity index (χ1) is 12.2. The first kappa shape index (κ1) is 17.7. The Labute approximate surface area is 155 Å². The monoisotopic (exact) mass is 373 g/mol. The minimum atomic E-state index is -0.256. The lowest BCUT2D eigenvalue weighted by Crippen LogP contribution is -2.08. The van der Waals surface area contributed by atoms with Gasteiger partial charge in [0, 0.05) is 6.54 Å². The first-order valence-corrected chi connectivity index (χ1v) is 9.85. The van der Waals surface area contributed by atoms with Gasteiger partial charge in [0.25, 0.3) is 0 Å². The molecule has 1 aromatic carbocycles. The molecule has 7 heteroatoms. The van der Waals surface area contributed by atoms with Crippen LogP contribution in [0.1, 0.15) is 18.1 Å². The van der Waals surface area contributed by atoms with E-state index >= 15 is 0 Å². The maximum absolute atomic E-state index is 12.0. The van der Waals surface area contributed by atoms with Crippen LogP contribution in [0.3, 0.4) is 0 Å². The van der Waals surface area contributed by atoms with Crippen molar-refractivity contribution in [2.75, 3.05) is 5.75 Å². The van der Waals surface area contributed by atoms with Crippen LogP contribution in [0.4, 0.5) is 0 Å². The molecule has 0 aliphatic carbocycles. The summed E-state index contributed by atoms with van der Waals surface area (Å²) in [6.07, 6.45) is 0. The van der Waals surface area contributed by atoms with E-state index < -0.39 is 0 Å². The molecular formula is C18H19N3O2S2. The third-order valence-electron chi connectivity index (χ3n) is 3.61. The zero-order chi connectivity index (χ0) is 17.6. The normalized spacial score (nSPS) is 10.8. The number of carbonyl (C=O) groups is 1. The maximum Gasteiger partial charge on any atom is 0.316 e. The van der Waals surface area contributed by atoms with Crippen LogP contribution in [-0.2, 0) is 22.7 Å². The highest BCUT2D eigenvalue weighted by atomic mass is 32.2. The second-order valence-electron chi connectivity index (χ2n) is 5.46. The minimum absolute atomic E-state index is 0.217. The van der Waals surface area contributed by atoms with E-state index in [0.717, 1.165) is 28.0 Å². The summed E-state index contributed by atoms with van der Waals surface area (Å²) in [4.78, 5) is 13.1. The fraction of sp³-hybridized carbons (Fsp3) is 0.278. The fourth-order valence-corrected chi connectivity index (χ4v) is 3.80. The molecule has 3 rings (SSSR count). The van der Waals surface area contributed by atoms with Gasteiger partial charge in [-0.1, -0.05) is 47.7 Å². The van der Waals surface area contributed by atoms with Crippen molar-refractivity contribution in [3.8, 4) is 10.7 Å².